The van der Waals surface area contributed by atoms with Gasteiger partial charge in [-0.1, -0.05) is 29.8 Å². The summed E-state index contributed by atoms with van der Waals surface area (Å²) in [6, 6.07) is 7.78. The Morgan fingerprint density at radius 1 is 1.46 bits per heavy atom. The van der Waals surface area contributed by atoms with Crippen molar-refractivity contribution in [3.63, 3.8) is 0 Å². The molecule has 71 valence electrons. The second kappa shape index (κ2) is 5.22. The molecule has 1 aromatic rings. The van der Waals surface area contributed by atoms with Crippen molar-refractivity contribution in [2.45, 2.75) is 6.54 Å². The van der Waals surface area contributed by atoms with Crippen LogP contribution < -0.4 is 0 Å². The van der Waals surface area contributed by atoms with E-state index in [1.54, 1.807) is 0 Å². The molecule has 2 nitrogen and oxygen atoms in total. The van der Waals surface area contributed by atoms with Crippen LogP contribution in [0.4, 0.5) is 0 Å². The summed E-state index contributed by atoms with van der Waals surface area (Å²) in [5.74, 6) is 0. The van der Waals surface area contributed by atoms with Gasteiger partial charge in [0.2, 0.25) is 0 Å². The standard InChI is InChI=1S/C10H13ClNO/c1-12(8-13-2)7-9-5-3-4-6-10(9)11/h3-6H,2,7-8H2,1H3. The SMILES string of the molecule is [CH2]OCN(C)Cc1ccccc1Cl. The van der Waals surface area contributed by atoms with Crippen molar-refractivity contribution in [1.82, 2.24) is 4.90 Å². The van der Waals surface area contributed by atoms with Crippen LogP contribution in [0.3, 0.4) is 0 Å². The van der Waals surface area contributed by atoms with E-state index in [4.69, 9.17) is 16.3 Å². The fourth-order valence-electron chi connectivity index (χ4n) is 1.12. The fraction of sp³-hybridized carbons (Fsp3) is 0.300. The molecule has 1 radical (unpaired) electrons. The maximum absolute atomic E-state index is 5.99. The molecule has 0 spiro atoms. The maximum Gasteiger partial charge on any atom is 0.0991 e. The average Bonchev–Trinajstić information content (AvgIpc) is 2.09. The molecule has 0 bridgehead atoms. The lowest BCUT2D eigenvalue weighted by Gasteiger charge is -2.15. The van der Waals surface area contributed by atoms with Crippen molar-refractivity contribution >= 4 is 11.6 Å². The lowest BCUT2D eigenvalue weighted by Crippen LogP contribution is -2.19. The minimum Gasteiger partial charge on any atom is -0.364 e. The van der Waals surface area contributed by atoms with Crippen LogP contribution in [0.2, 0.25) is 5.02 Å². The lowest BCUT2D eigenvalue weighted by atomic mass is 10.2. The molecule has 1 aromatic carbocycles. The molecule has 0 aliphatic rings. The number of halogens is 1. The maximum atomic E-state index is 5.99. The molecule has 3 heteroatoms. The Kier molecular flexibility index (Phi) is 4.22. The fourth-order valence-corrected chi connectivity index (χ4v) is 1.31. The number of hydrogen-bond donors (Lipinski definition) is 0. The molecule has 0 saturated carbocycles. The predicted molar refractivity (Wildman–Crippen MR) is 54.2 cm³/mol. The van der Waals surface area contributed by atoms with Crippen molar-refractivity contribution < 1.29 is 4.74 Å². The predicted octanol–water partition coefficient (Wildman–Crippen LogP) is 2.54. The summed E-state index contributed by atoms with van der Waals surface area (Å²) in [7, 11) is 5.27. The molecule has 0 fully saturated rings. The summed E-state index contributed by atoms with van der Waals surface area (Å²) in [4.78, 5) is 1.99. The van der Waals surface area contributed by atoms with Gasteiger partial charge in [-0.2, -0.15) is 0 Å². The monoisotopic (exact) mass is 198 g/mol. The largest absolute Gasteiger partial charge is 0.364 e. The Labute approximate surface area is 84.1 Å². The highest BCUT2D eigenvalue weighted by Gasteiger charge is 2.02. The van der Waals surface area contributed by atoms with E-state index >= 15 is 0 Å². The van der Waals surface area contributed by atoms with E-state index in [-0.39, 0.29) is 0 Å². The first-order valence-electron chi connectivity index (χ1n) is 4.03. The van der Waals surface area contributed by atoms with Gasteiger partial charge < -0.3 is 4.74 Å². The van der Waals surface area contributed by atoms with Crippen LogP contribution >= 0.6 is 11.6 Å². The first-order chi connectivity index (χ1) is 6.24. The van der Waals surface area contributed by atoms with E-state index < -0.39 is 0 Å². The van der Waals surface area contributed by atoms with Gasteiger partial charge in [0.15, 0.2) is 0 Å². The van der Waals surface area contributed by atoms with Crippen molar-refractivity contribution in [3.8, 4) is 0 Å². The summed E-state index contributed by atoms with van der Waals surface area (Å²) in [5, 5.41) is 0.790. The zero-order chi connectivity index (χ0) is 9.68. The quantitative estimate of drug-likeness (QED) is 0.690. The Bertz CT molecular complexity index is 265. The van der Waals surface area contributed by atoms with Gasteiger partial charge in [0, 0.05) is 11.6 Å². The molecular formula is C10H13ClNO. The normalized spacial score (nSPS) is 10.8. The minimum absolute atomic E-state index is 0.505. The van der Waals surface area contributed by atoms with Gasteiger partial charge >= 0.3 is 0 Å². The van der Waals surface area contributed by atoms with Crippen LogP contribution in [0.1, 0.15) is 5.56 Å². The van der Waals surface area contributed by atoms with Gasteiger partial charge in [-0.15, -0.1) is 0 Å². The summed E-state index contributed by atoms with van der Waals surface area (Å²) in [5.41, 5.74) is 1.10. The number of ether oxygens (including phenoxy) is 1. The Balaban J connectivity index is 2.58. The van der Waals surface area contributed by atoms with Gasteiger partial charge in [-0.3, -0.25) is 4.90 Å². The van der Waals surface area contributed by atoms with Gasteiger partial charge in [0.1, 0.15) is 0 Å². The highest BCUT2D eigenvalue weighted by molar-refractivity contribution is 6.31. The number of nitrogens with zero attached hydrogens (tertiary/aromatic N) is 1. The first-order valence-corrected chi connectivity index (χ1v) is 4.40. The van der Waals surface area contributed by atoms with Gasteiger partial charge in [-0.05, 0) is 18.7 Å². The second-order valence-electron chi connectivity index (χ2n) is 2.94. The van der Waals surface area contributed by atoms with Crippen molar-refractivity contribution in [3.05, 3.63) is 42.0 Å². The van der Waals surface area contributed by atoms with Crippen LogP contribution in [-0.2, 0) is 11.3 Å². The Morgan fingerprint density at radius 3 is 2.77 bits per heavy atom. The summed E-state index contributed by atoms with van der Waals surface area (Å²) < 4.78 is 4.75. The molecular weight excluding hydrogens is 186 g/mol. The molecule has 0 saturated heterocycles. The zero-order valence-corrected chi connectivity index (χ0v) is 8.42. The Morgan fingerprint density at radius 2 is 2.15 bits per heavy atom. The van der Waals surface area contributed by atoms with E-state index in [1.165, 1.54) is 0 Å². The molecule has 0 aromatic heterocycles. The van der Waals surface area contributed by atoms with Crippen molar-refractivity contribution in [2.24, 2.45) is 0 Å². The van der Waals surface area contributed by atoms with E-state index in [0.29, 0.717) is 6.73 Å². The highest BCUT2D eigenvalue weighted by Crippen LogP contribution is 2.16. The van der Waals surface area contributed by atoms with Crippen molar-refractivity contribution in [1.29, 1.82) is 0 Å². The van der Waals surface area contributed by atoms with E-state index in [1.807, 2.05) is 36.2 Å². The summed E-state index contributed by atoms with van der Waals surface area (Å²) in [6.07, 6.45) is 0. The third-order valence-electron chi connectivity index (χ3n) is 1.71. The first kappa shape index (κ1) is 10.5. The third kappa shape index (κ3) is 3.35. The molecule has 13 heavy (non-hydrogen) atoms. The van der Waals surface area contributed by atoms with E-state index in [2.05, 4.69) is 7.11 Å². The molecule has 0 atom stereocenters. The van der Waals surface area contributed by atoms with Crippen LogP contribution in [0, 0.1) is 7.11 Å². The van der Waals surface area contributed by atoms with Crippen LogP contribution in [0.5, 0.6) is 0 Å². The van der Waals surface area contributed by atoms with Crippen LogP contribution in [-0.4, -0.2) is 18.7 Å². The van der Waals surface area contributed by atoms with E-state index in [0.717, 1.165) is 17.1 Å². The molecule has 0 aliphatic heterocycles. The van der Waals surface area contributed by atoms with Crippen LogP contribution in [0.25, 0.3) is 0 Å². The zero-order valence-electron chi connectivity index (χ0n) is 7.66. The molecule has 0 N–H and O–H groups in total. The van der Waals surface area contributed by atoms with Crippen molar-refractivity contribution in [2.75, 3.05) is 13.8 Å². The molecule has 0 unspecified atom stereocenters. The molecule has 0 aliphatic carbocycles. The summed E-state index contributed by atoms with van der Waals surface area (Å²) >= 11 is 5.99. The average molecular weight is 199 g/mol. The van der Waals surface area contributed by atoms with Gasteiger partial charge in [0.05, 0.1) is 13.8 Å². The van der Waals surface area contributed by atoms with Gasteiger partial charge in [0.25, 0.3) is 0 Å². The van der Waals surface area contributed by atoms with Crippen LogP contribution in [0.15, 0.2) is 24.3 Å². The van der Waals surface area contributed by atoms with E-state index in [9.17, 15) is 0 Å². The number of benzene rings is 1. The number of rotatable bonds is 4. The molecule has 0 amide bonds. The topological polar surface area (TPSA) is 12.5 Å². The third-order valence-corrected chi connectivity index (χ3v) is 2.08. The number of hydrogen-bond acceptors (Lipinski definition) is 2. The highest BCUT2D eigenvalue weighted by atomic mass is 35.5. The van der Waals surface area contributed by atoms with Gasteiger partial charge in [-0.25, -0.2) is 0 Å². The smallest absolute Gasteiger partial charge is 0.0991 e. The summed E-state index contributed by atoms with van der Waals surface area (Å²) in [6.45, 7) is 1.28. The second-order valence-corrected chi connectivity index (χ2v) is 3.35. The lowest BCUT2D eigenvalue weighted by molar-refractivity contribution is 0.103. The Hall–Kier alpha value is -0.570. The minimum atomic E-state index is 0.505. The molecule has 1 rings (SSSR count). The molecule has 0 heterocycles.